The van der Waals surface area contributed by atoms with E-state index in [0.717, 1.165) is 18.4 Å². The Morgan fingerprint density at radius 1 is 0.514 bits per heavy atom. The van der Waals surface area contributed by atoms with Crippen molar-refractivity contribution in [2.24, 2.45) is 0 Å². The van der Waals surface area contributed by atoms with Crippen molar-refractivity contribution < 1.29 is 5.11 Å². The van der Waals surface area contributed by atoms with E-state index in [1.807, 2.05) is 0 Å². The van der Waals surface area contributed by atoms with Crippen LogP contribution < -0.4 is 0 Å². The SMILES string of the molecule is CCCCCCCCCCCCCCCCCC(O)c1ccc2ccc3cccc4ccc1c2c34. The van der Waals surface area contributed by atoms with Crippen LogP contribution in [0.2, 0.25) is 0 Å². The molecule has 0 heterocycles. The van der Waals surface area contributed by atoms with Gasteiger partial charge in [-0.1, -0.05) is 158 Å². The lowest BCUT2D eigenvalue weighted by molar-refractivity contribution is 0.165. The van der Waals surface area contributed by atoms with Crippen LogP contribution in [0.25, 0.3) is 32.3 Å². The van der Waals surface area contributed by atoms with E-state index < -0.39 is 0 Å². The van der Waals surface area contributed by atoms with Gasteiger partial charge in [-0.25, -0.2) is 0 Å². The summed E-state index contributed by atoms with van der Waals surface area (Å²) in [5, 5.41) is 18.8. The molecule has 0 aliphatic carbocycles. The molecular formula is C34H46O. The Balaban J connectivity index is 1.14. The van der Waals surface area contributed by atoms with Gasteiger partial charge in [0.15, 0.2) is 0 Å². The van der Waals surface area contributed by atoms with Crippen molar-refractivity contribution in [3.63, 3.8) is 0 Å². The number of hydrogen-bond donors (Lipinski definition) is 1. The maximum absolute atomic E-state index is 11.1. The molecule has 188 valence electrons. The highest BCUT2D eigenvalue weighted by Gasteiger charge is 2.15. The standard InChI is InChI=1S/C34H46O/c1-2-3-4-5-6-7-8-9-10-11-12-13-14-15-16-20-32(35)30-25-23-29-22-21-27-18-17-19-28-24-26-31(30)34(29)33(27)28/h17-19,21-26,32,35H,2-16,20H2,1H3. The minimum atomic E-state index is -0.374. The van der Waals surface area contributed by atoms with Gasteiger partial charge in [-0.05, 0) is 44.3 Å². The highest BCUT2D eigenvalue weighted by Crippen LogP contribution is 2.38. The maximum Gasteiger partial charge on any atom is 0.0796 e. The van der Waals surface area contributed by atoms with Gasteiger partial charge < -0.3 is 5.11 Å². The summed E-state index contributed by atoms with van der Waals surface area (Å²) in [6.45, 7) is 2.29. The number of unbranched alkanes of at least 4 members (excludes halogenated alkanes) is 14. The average Bonchev–Trinajstić information content (AvgIpc) is 2.89. The second-order valence-corrected chi connectivity index (χ2v) is 10.8. The molecule has 1 N–H and O–H groups in total. The normalized spacial score (nSPS) is 12.9. The van der Waals surface area contributed by atoms with Gasteiger partial charge in [-0.2, -0.15) is 0 Å². The third-order valence-corrected chi connectivity index (χ3v) is 8.00. The molecule has 0 aromatic heterocycles. The summed E-state index contributed by atoms with van der Waals surface area (Å²) in [6.07, 6.45) is 21.1. The number of aliphatic hydroxyl groups excluding tert-OH is 1. The fourth-order valence-electron chi connectivity index (χ4n) is 5.91. The lowest BCUT2D eigenvalue weighted by atomic mass is 9.89. The minimum Gasteiger partial charge on any atom is -0.388 e. The van der Waals surface area contributed by atoms with Crippen molar-refractivity contribution in [2.45, 2.75) is 116 Å². The molecule has 4 rings (SSSR count). The van der Waals surface area contributed by atoms with Crippen molar-refractivity contribution >= 4 is 32.3 Å². The van der Waals surface area contributed by atoms with E-state index in [-0.39, 0.29) is 6.10 Å². The molecule has 35 heavy (non-hydrogen) atoms. The first kappa shape index (κ1) is 26.0. The van der Waals surface area contributed by atoms with Crippen molar-refractivity contribution in [2.75, 3.05) is 0 Å². The fraction of sp³-hybridized carbons (Fsp3) is 0.529. The largest absolute Gasteiger partial charge is 0.388 e. The molecule has 4 aromatic rings. The van der Waals surface area contributed by atoms with Gasteiger partial charge in [-0.3, -0.25) is 0 Å². The summed E-state index contributed by atoms with van der Waals surface area (Å²) >= 11 is 0. The quantitative estimate of drug-likeness (QED) is 0.120. The fourth-order valence-corrected chi connectivity index (χ4v) is 5.91. The van der Waals surface area contributed by atoms with Crippen molar-refractivity contribution in [3.05, 3.63) is 60.2 Å². The number of aliphatic hydroxyl groups is 1. The van der Waals surface area contributed by atoms with Gasteiger partial charge in [0.2, 0.25) is 0 Å². The highest BCUT2D eigenvalue weighted by molar-refractivity contribution is 6.23. The third-order valence-electron chi connectivity index (χ3n) is 8.00. The van der Waals surface area contributed by atoms with Gasteiger partial charge in [0.05, 0.1) is 6.10 Å². The van der Waals surface area contributed by atoms with Gasteiger partial charge >= 0.3 is 0 Å². The molecule has 0 aliphatic heterocycles. The Morgan fingerprint density at radius 2 is 0.971 bits per heavy atom. The van der Waals surface area contributed by atoms with Crippen LogP contribution in [0.1, 0.15) is 121 Å². The van der Waals surface area contributed by atoms with Crippen LogP contribution >= 0.6 is 0 Å². The Kier molecular flexibility index (Phi) is 10.3. The molecule has 1 heteroatoms. The molecule has 0 fully saturated rings. The molecule has 0 aliphatic rings. The second kappa shape index (κ2) is 13.8. The summed E-state index contributed by atoms with van der Waals surface area (Å²) in [4.78, 5) is 0. The van der Waals surface area contributed by atoms with Crippen LogP contribution in [0.4, 0.5) is 0 Å². The van der Waals surface area contributed by atoms with Gasteiger partial charge in [0, 0.05) is 0 Å². The molecule has 1 atom stereocenters. The lowest BCUT2D eigenvalue weighted by Gasteiger charge is -2.17. The van der Waals surface area contributed by atoms with E-state index >= 15 is 0 Å². The van der Waals surface area contributed by atoms with E-state index in [9.17, 15) is 5.11 Å². The van der Waals surface area contributed by atoms with Gasteiger partial charge in [0.25, 0.3) is 0 Å². The maximum atomic E-state index is 11.1. The van der Waals surface area contributed by atoms with Crippen LogP contribution in [-0.2, 0) is 0 Å². The van der Waals surface area contributed by atoms with Crippen LogP contribution in [0.15, 0.2) is 54.6 Å². The Morgan fingerprint density at radius 3 is 1.54 bits per heavy atom. The topological polar surface area (TPSA) is 20.2 Å². The van der Waals surface area contributed by atoms with Gasteiger partial charge in [-0.15, -0.1) is 0 Å². The first-order valence-corrected chi connectivity index (χ1v) is 14.6. The van der Waals surface area contributed by atoms with Crippen molar-refractivity contribution in [1.82, 2.24) is 0 Å². The molecule has 0 saturated heterocycles. The number of rotatable bonds is 17. The zero-order chi connectivity index (χ0) is 24.3. The Hall–Kier alpha value is -2.12. The molecule has 0 spiro atoms. The summed E-state index contributed by atoms with van der Waals surface area (Å²) in [7, 11) is 0. The van der Waals surface area contributed by atoms with E-state index in [1.165, 1.54) is 122 Å². The van der Waals surface area contributed by atoms with E-state index in [1.54, 1.807) is 0 Å². The predicted molar refractivity (Wildman–Crippen MR) is 155 cm³/mol. The lowest BCUT2D eigenvalue weighted by Crippen LogP contribution is -1.99. The molecule has 0 saturated carbocycles. The predicted octanol–water partition coefficient (Wildman–Crippen LogP) is 10.9. The van der Waals surface area contributed by atoms with E-state index in [4.69, 9.17) is 0 Å². The van der Waals surface area contributed by atoms with Crippen LogP contribution in [0.3, 0.4) is 0 Å². The van der Waals surface area contributed by atoms with Crippen LogP contribution in [0.5, 0.6) is 0 Å². The number of benzene rings is 4. The van der Waals surface area contributed by atoms with E-state index in [2.05, 4.69) is 61.5 Å². The second-order valence-electron chi connectivity index (χ2n) is 10.8. The molecule has 4 aromatic carbocycles. The summed E-state index contributed by atoms with van der Waals surface area (Å²) in [5.41, 5.74) is 1.10. The molecule has 0 amide bonds. The molecule has 0 radical (unpaired) electrons. The smallest absolute Gasteiger partial charge is 0.0796 e. The zero-order valence-corrected chi connectivity index (χ0v) is 22.0. The van der Waals surface area contributed by atoms with Crippen LogP contribution in [0, 0.1) is 0 Å². The zero-order valence-electron chi connectivity index (χ0n) is 22.0. The summed E-state index contributed by atoms with van der Waals surface area (Å²) in [6, 6.07) is 19.7. The van der Waals surface area contributed by atoms with Crippen LogP contribution in [-0.4, -0.2) is 5.11 Å². The molecular weight excluding hydrogens is 424 g/mol. The molecule has 0 bridgehead atoms. The summed E-state index contributed by atoms with van der Waals surface area (Å²) < 4.78 is 0. The first-order valence-electron chi connectivity index (χ1n) is 14.6. The highest BCUT2D eigenvalue weighted by atomic mass is 16.3. The number of hydrogen-bond acceptors (Lipinski definition) is 1. The third kappa shape index (κ3) is 6.98. The average molecular weight is 471 g/mol. The Labute approximate surface area is 213 Å². The van der Waals surface area contributed by atoms with Gasteiger partial charge in [0.1, 0.15) is 0 Å². The Bertz CT molecular complexity index is 1130. The van der Waals surface area contributed by atoms with Crippen molar-refractivity contribution in [1.29, 1.82) is 0 Å². The summed E-state index contributed by atoms with van der Waals surface area (Å²) in [5.74, 6) is 0. The molecule has 1 nitrogen and oxygen atoms in total. The molecule has 1 unspecified atom stereocenters. The first-order chi connectivity index (χ1) is 17.3. The minimum absolute atomic E-state index is 0.374. The monoisotopic (exact) mass is 470 g/mol. The van der Waals surface area contributed by atoms with E-state index in [0.29, 0.717) is 0 Å². The van der Waals surface area contributed by atoms with Crippen molar-refractivity contribution in [3.8, 4) is 0 Å².